The van der Waals surface area contributed by atoms with Gasteiger partial charge in [-0.15, -0.1) is 0 Å². The van der Waals surface area contributed by atoms with E-state index < -0.39 is 0 Å². The largest absolute Gasteiger partial charge is 0.496 e. The highest BCUT2D eigenvalue weighted by molar-refractivity contribution is 7.07. The molecule has 1 aliphatic carbocycles. The van der Waals surface area contributed by atoms with Crippen molar-refractivity contribution < 1.29 is 4.74 Å². The molecule has 0 spiro atoms. The van der Waals surface area contributed by atoms with Crippen molar-refractivity contribution in [1.29, 1.82) is 0 Å². The summed E-state index contributed by atoms with van der Waals surface area (Å²) in [5.41, 5.74) is 9.58. The molecule has 1 aliphatic rings. The molecule has 1 aromatic heterocycles. The fourth-order valence-electron chi connectivity index (χ4n) is 2.67. The Hall–Kier alpha value is -1.36. The van der Waals surface area contributed by atoms with E-state index in [4.69, 9.17) is 10.5 Å². The molecule has 1 heterocycles. The second kappa shape index (κ2) is 6.60. The second-order valence-electron chi connectivity index (χ2n) is 5.62. The third kappa shape index (κ3) is 3.64. The van der Waals surface area contributed by atoms with E-state index in [1.54, 1.807) is 18.4 Å². The first kappa shape index (κ1) is 14.6. The number of nitrogens with zero attached hydrogens (tertiary/aromatic N) is 1. The zero-order valence-corrected chi connectivity index (χ0v) is 13.2. The Morgan fingerprint density at radius 1 is 1.24 bits per heavy atom. The van der Waals surface area contributed by atoms with Crippen LogP contribution >= 0.6 is 11.3 Å². The highest BCUT2D eigenvalue weighted by atomic mass is 32.1. The Morgan fingerprint density at radius 2 is 2.10 bits per heavy atom. The van der Waals surface area contributed by atoms with E-state index in [0.717, 1.165) is 30.4 Å². The molecule has 3 nitrogen and oxygen atoms in total. The van der Waals surface area contributed by atoms with Gasteiger partial charge in [0.2, 0.25) is 0 Å². The van der Waals surface area contributed by atoms with Gasteiger partial charge in [-0.25, -0.2) is 0 Å². The molecule has 2 N–H and O–H groups in total. The summed E-state index contributed by atoms with van der Waals surface area (Å²) in [6, 6.07) is 9.20. The number of ether oxygens (including phenoxy) is 1. The monoisotopic (exact) mass is 302 g/mol. The first-order valence-electron chi connectivity index (χ1n) is 7.41. The van der Waals surface area contributed by atoms with Gasteiger partial charge in [-0.05, 0) is 52.9 Å². The van der Waals surface area contributed by atoms with Crippen LogP contribution < -0.4 is 10.5 Å². The summed E-state index contributed by atoms with van der Waals surface area (Å²) in [5.74, 6) is 0.961. The Labute approximate surface area is 130 Å². The molecular formula is C17H22N2OS. The van der Waals surface area contributed by atoms with Crippen LogP contribution in [-0.2, 0) is 19.6 Å². The number of methoxy groups -OCH3 is 1. The van der Waals surface area contributed by atoms with Gasteiger partial charge in [0.05, 0.1) is 7.11 Å². The van der Waals surface area contributed by atoms with Crippen LogP contribution in [0.4, 0.5) is 0 Å². The second-order valence-corrected chi connectivity index (χ2v) is 6.40. The molecule has 21 heavy (non-hydrogen) atoms. The maximum absolute atomic E-state index is 5.77. The van der Waals surface area contributed by atoms with Crippen LogP contribution in [0.3, 0.4) is 0 Å². The molecule has 4 heteroatoms. The van der Waals surface area contributed by atoms with Crippen molar-refractivity contribution in [1.82, 2.24) is 4.90 Å². The summed E-state index contributed by atoms with van der Waals surface area (Å²) in [6.45, 7) is 2.52. The van der Waals surface area contributed by atoms with Gasteiger partial charge in [0.1, 0.15) is 5.75 Å². The average molecular weight is 302 g/mol. The van der Waals surface area contributed by atoms with E-state index in [-0.39, 0.29) is 0 Å². The van der Waals surface area contributed by atoms with Crippen molar-refractivity contribution >= 4 is 11.3 Å². The highest BCUT2D eigenvalue weighted by Gasteiger charge is 2.29. The Bertz CT molecular complexity index is 578. The molecule has 3 rings (SSSR count). The van der Waals surface area contributed by atoms with Crippen molar-refractivity contribution in [2.45, 2.75) is 38.5 Å². The van der Waals surface area contributed by atoms with Crippen LogP contribution in [0.1, 0.15) is 29.5 Å². The lowest BCUT2D eigenvalue weighted by atomic mass is 10.1. The standard InChI is InChI=1S/C17H22N2OS/c1-20-17-5-2-13(9-18)8-15(17)11-19(16-3-4-16)10-14-6-7-21-12-14/h2,5-8,12,16H,3-4,9-11,18H2,1H3. The van der Waals surface area contributed by atoms with Crippen LogP contribution in [0.25, 0.3) is 0 Å². The van der Waals surface area contributed by atoms with Gasteiger partial charge < -0.3 is 10.5 Å². The van der Waals surface area contributed by atoms with Gasteiger partial charge in [-0.1, -0.05) is 6.07 Å². The number of benzene rings is 1. The molecule has 0 radical (unpaired) electrons. The van der Waals surface area contributed by atoms with Gasteiger partial charge in [-0.3, -0.25) is 4.90 Å². The number of thiophene rings is 1. The normalized spacial score (nSPS) is 14.6. The van der Waals surface area contributed by atoms with E-state index >= 15 is 0 Å². The van der Waals surface area contributed by atoms with E-state index in [1.807, 2.05) is 12.1 Å². The Morgan fingerprint density at radius 3 is 2.71 bits per heavy atom. The van der Waals surface area contributed by atoms with Gasteiger partial charge in [0.25, 0.3) is 0 Å². The molecule has 112 valence electrons. The first-order valence-corrected chi connectivity index (χ1v) is 8.35. The predicted octanol–water partition coefficient (Wildman–Crippen LogP) is 3.38. The molecule has 0 atom stereocenters. The lowest BCUT2D eigenvalue weighted by Crippen LogP contribution is -2.25. The topological polar surface area (TPSA) is 38.5 Å². The number of nitrogens with two attached hydrogens (primary N) is 1. The smallest absolute Gasteiger partial charge is 0.123 e. The van der Waals surface area contributed by atoms with Gasteiger partial charge in [-0.2, -0.15) is 11.3 Å². The number of rotatable bonds is 7. The quantitative estimate of drug-likeness (QED) is 0.852. The molecule has 2 aromatic rings. The first-order chi connectivity index (χ1) is 10.3. The summed E-state index contributed by atoms with van der Waals surface area (Å²) in [6.07, 6.45) is 2.62. The molecule has 1 saturated carbocycles. The third-order valence-electron chi connectivity index (χ3n) is 3.98. The maximum atomic E-state index is 5.77. The summed E-state index contributed by atoms with van der Waals surface area (Å²) in [4.78, 5) is 2.56. The Kier molecular flexibility index (Phi) is 4.58. The van der Waals surface area contributed by atoms with Crippen molar-refractivity contribution in [2.75, 3.05) is 7.11 Å². The number of hydrogen-bond acceptors (Lipinski definition) is 4. The van der Waals surface area contributed by atoms with Crippen molar-refractivity contribution in [3.05, 3.63) is 51.7 Å². The SMILES string of the molecule is COc1ccc(CN)cc1CN(Cc1ccsc1)C1CC1. The van der Waals surface area contributed by atoms with E-state index in [0.29, 0.717) is 6.54 Å². The predicted molar refractivity (Wildman–Crippen MR) is 87.5 cm³/mol. The summed E-state index contributed by atoms with van der Waals surface area (Å²) in [7, 11) is 1.74. The minimum absolute atomic E-state index is 0.574. The van der Waals surface area contributed by atoms with Crippen molar-refractivity contribution in [3.8, 4) is 5.75 Å². The lowest BCUT2D eigenvalue weighted by Gasteiger charge is -2.23. The average Bonchev–Trinajstić information content (AvgIpc) is 3.24. The van der Waals surface area contributed by atoms with E-state index in [1.165, 1.54) is 24.0 Å². The molecule has 0 unspecified atom stereocenters. The summed E-state index contributed by atoms with van der Waals surface area (Å²) in [5, 5.41) is 4.39. The molecule has 0 saturated heterocycles. The summed E-state index contributed by atoms with van der Waals surface area (Å²) < 4.78 is 5.52. The van der Waals surface area contributed by atoms with Crippen LogP contribution in [0.15, 0.2) is 35.0 Å². The molecule has 0 amide bonds. The molecule has 1 fully saturated rings. The maximum Gasteiger partial charge on any atom is 0.123 e. The highest BCUT2D eigenvalue weighted by Crippen LogP contribution is 2.32. The number of hydrogen-bond donors (Lipinski definition) is 1. The van der Waals surface area contributed by atoms with Gasteiger partial charge in [0, 0.05) is 31.2 Å². The minimum atomic E-state index is 0.574. The van der Waals surface area contributed by atoms with E-state index in [2.05, 4.69) is 27.8 Å². The summed E-state index contributed by atoms with van der Waals surface area (Å²) >= 11 is 1.77. The fraction of sp³-hybridized carbons (Fsp3) is 0.412. The zero-order chi connectivity index (χ0) is 14.7. The molecule has 1 aromatic carbocycles. The van der Waals surface area contributed by atoms with Crippen LogP contribution in [0, 0.1) is 0 Å². The zero-order valence-electron chi connectivity index (χ0n) is 12.4. The van der Waals surface area contributed by atoms with Crippen molar-refractivity contribution in [2.24, 2.45) is 5.73 Å². The Balaban J connectivity index is 1.78. The van der Waals surface area contributed by atoms with Crippen LogP contribution in [0.2, 0.25) is 0 Å². The van der Waals surface area contributed by atoms with Gasteiger partial charge in [0.15, 0.2) is 0 Å². The molecule has 0 aliphatic heterocycles. The lowest BCUT2D eigenvalue weighted by molar-refractivity contribution is 0.242. The van der Waals surface area contributed by atoms with Crippen molar-refractivity contribution in [3.63, 3.8) is 0 Å². The fourth-order valence-corrected chi connectivity index (χ4v) is 3.33. The van der Waals surface area contributed by atoms with Crippen LogP contribution in [0.5, 0.6) is 5.75 Å². The third-order valence-corrected chi connectivity index (χ3v) is 4.72. The molecular weight excluding hydrogens is 280 g/mol. The minimum Gasteiger partial charge on any atom is -0.496 e. The molecule has 0 bridgehead atoms. The van der Waals surface area contributed by atoms with E-state index in [9.17, 15) is 0 Å². The van der Waals surface area contributed by atoms with Crippen LogP contribution in [-0.4, -0.2) is 18.1 Å². The van der Waals surface area contributed by atoms with Gasteiger partial charge >= 0.3 is 0 Å².